The van der Waals surface area contributed by atoms with E-state index in [1.54, 1.807) is 4.90 Å². The first-order valence-electron chi connectivity index (χ1n) is 5.35. The van der Waals surface area contributed by atoms with Gasteiger partial charge in [-0.3, -0.25) is 4.90 Å². The van der Waals surface area contributed by atoms with Gasteiger partial charge in [-0.1, -0.05) is 18.2 Å². The number of carbonyl (C=O) groups excluding carboxylic acids is 1. The first-order valence-corrected chi connectivity index (χ1v) is 5.35. The van der Waals surface area contributed by atoms with Crippen LogP contribution < -0.4 is 4.90 Å². The van der Waals surface area contributed by atoms with Crippen LogP contribution in [0.25, 0.3) is 0 Å². The molecule has 1 aliphatic rings. The number of cyclic esters (lactones) is 1. The van der Waals surface area contributed by atoms with E-state index in [0.717, 1.165) is 12.2 Å². The van der Waals surface area contributed by atoms with Gasteiger partial charge < -0.3 is 9.64 Å². The highest BCUT2D eigenvalue weighted by atomic mass is 16.6. The predicted octanol–water partition coefficient (Wildman–Crippen LogP) is 1.57. The zero-order valence-corrected chi connectivity index (χ0v) is 9.59. The lowest BCUT2D eigenvalue weighted by Crippen LogP contribution is -2.30. The largest absolute Gasteiger partial charge is 0.443 e. The van der Waals surface area contributed by atoms with Crippen LogP contribution in [0.5, 0.6) is 0 Å². The molecule has 1 amide bonds. The number of rotatable bonds is 3. The number of amides is 1. The van der Waals surface area contributed by atoms with E-state index in [4.69, 9.17) is 4.74 Å². The van der Waals surface area contributed by atoms with Crippen LogP contribution in [0.1, 0.15) is 0 Å². The Kier molecular flexibility index (Phi) is 3.10. The third-order valence-electron chi connectivity index (χ3n) is 2.51. The molecule has 0 aromatic heterocycles. The molecule has 1 saturated heterocycles. The molecule has 16 heavy (non-hydrogen) atoms. The van der Waals surface area contributed by atoms with Crippen LogP contribution in [0.3, 0.4) is 0 Å². The number of nitrogens with zero attached hydrogens (tertiary/aromatic N) is 2. The van der Waals surface area contributed by atoms with Crippen LogP contribution in [-0.2, 0) is 4.74 Å². The Balaban J connectivity index is 2.06. The van der Waals surface area contributed by atoms with Crippen LogP contribution in [0.15, 0.2) is 30.3 Å². The monoisotopic (exact) mass is 220 g/mol. The average Bonchev–Trinajstić information content (AvgIpc) is 2.60. The molecule has 86 valence electrons. The van der Waals surface area contributed by atoms with Gasteiger partial charge in [0.15, 0.2) is 0 Å². The van der Waals surface area contributed by atoms with Crippen molar-refractivity contribution < 1.29 is 9.53 Å². The highest BCUT2D eigenvalue weighted by molar-refractivity contribution is 5.89. The number of hydrogen-bond acceptors (Lipinski definition) is 3. The number of ether oxygens (including phenoxy) is 1. The molecule has 0 N–H and O–H groups in total. The summed E-state index contributed by atoms with van der Waals surface area (Å²) in [6.45, 7) is 1.39. The number of carbonyl (C=O) groups is 1. The molecule has 1 aromatic carbocycles. The van der Waals surface area contributed by atoms with Gasteiger partial charge in [-0.15, -0.1) is 0 Å². The number of benzene rings is 1. The Morgan fingerprint density at radius 1 is 1.38 bits per heavy atom. The maximum Gasteiger partial charge on any atom is 0.414 e. The van der Waals surface area contributed by atoms with Gasteiger partial charge >= 0.3 is 6.09 Å². The summed E-state index contributed by atoms with van der Waals surface area (Å²) in [5.74, 6) is 0. The van der Waals surface area contributed by atoms with E-state index in [1.807, 2.05) is 49.3 Å². The minimum Gasteiger partial charge on any atom is -0.443 e. The molecule has 1 unspecified atom stereocenters. The van der Waals surface area contributed by atoms with Gasteiger partial charge in [0.2, 0.25) is 0 Å². The second-order valence-corrected chi connectivity index (χ2v) is 4.21. The summed E-state index contributed by atoms with van der Waals surface area (Å²) >= 11 is 0. The van der Waals surface area contributed by atoms with Crippen molar-refractivity contribution in [3.05, 3.63) is 30.3 Å². The first-order chi connectivity index (χ1) is 7.66. The maximum atomic E-state index is 11.7. The van der Waals surface area contributed by atoms with Crippen molar-refractivity contribution in [2.45, 2.75) is 6.10 Å². The van der Waals surface area contributed by atoms with E-state index < -0.39 is 0 Å². The van der Waals surface area contributed by atoms with E-state index >= 15 is 0 Å². The minimum absolute atomic E-state index is 0.0392. The van der Waals surface area contributed by atoms with Gasteiger partial charge in [-0.2, -0.15) is 0 Å². The summed E-state index contributed by atoms with van der Waals surface area (Å²) in [6.07, 6.45) is -0.291. The van der Waals surface area contributed by atoms with Gasteiger partial charge in [0, 0.05) is 12.2 Å². The summed E-state index contributed by atoms with van der Waals surface area (Å²) in [5.41, 5.74) is 0.897. The number of anilines is 1. The Morgan fingerprint density at radius 2 is 2.06 bits per heavy atom. The lowest BCUT2D eigenvalue weighted by molar-refractivity contribution is 0.123. The summed E-state index contributed by atoms with van der Waals surface area (Å²) < 4.78 is 5.28. The standard InChI is InChI=1S/C12H16N2O2/c1-13(2)8-11-9-14(12(15)16-11)10-6-4-3-5-7-10/h3-7,11H,8-9H2,1-2H3. The number of para-hydroxylation sites is 1. The molecule has 1 fully saturated rings. The maximum absolute atomic E-state index is 11.7. The number of likely N-dealkylation sites (N-methyl/N-ethyl adjacent to an activating group) is 1. The van der Waals surface area contributed by atoms with Crippen molar-refractivity contribution >= 4 is 11.8 Å². The van der Waals surface area contributed by atoms with Crippen molar-refractivity contribution in [1.82, 2.24) is 4.90 Å². The summed E-state index contributed by atoms with van der Waals surface area (Å²) in [6, 6.07) is 9.60. The third kappa shape index (κ3) is 2.33. The molecular weight excluding hydrogens is 204 g/mol. The van der Waals surface area contributed by atoms with Gasteiger partial charge in [-0.25, -0.2) is 4.79 Å². The molecule has 0 radical (unpaired) electrons. The second-order valence-electron chi connectivity index (χ2n) is 4.21. The number of hydrogen-bond donors (Lipinski definition) is 0. The van der Waals surface area contributed by atoms with E-state index in [0.29, 0.717) is 6.54 Å². The zero-order valence-electron chi connectivity index (χ0n) is 9.59. The average molecular weight is 220 g/mol. The molecule has 1 aliphatic heterocycles. The fraction of sp³-hybridized carbons (Fsp3) is 0.417. The van der Waals surface area contributed by atoms with Crippen molar-refractivity contribution in [3.63, 3.8) is 0 Å². The van der Waals surface area contributed by atoms with Crippen LogP contribution in [0, 0.1) is 0 Å². The van der Waals surface area contributed by atoms with Crippen molar-refractivity contribution in [3.8, 4) is 0 Å². The molecule has 1 heterocycles. The fourth-order valence-electron chi connectivity index (χ4n) is 1.84. The predicted molar refractivity (Wildman–Crippen MR) is 62.6 cm³/mol. The molecule has 4 heteroatoms. The molecule has 2 rings (SSSR count). The lowest BCUT2D eigenvalue weighted by atomic mass is 10.2. The molecule has 0 spiro atoms. The van der Waals surface area contributed by atoms with E-state index in [2.05, 4.69) is 0 Å². The fourth-order valence-corrected chi connectivity index (χ4v) is 1.84. The summed E-state index contributed by atoms with van der Waals surface area (Å²) in [5, 5.41) is 0. The van der Waals surface area contributed by atoms with Crippen LogP contribution in [0.2, 0.25) is 0 Å². The van der Waals surface area contributed by atoms with Gasteiger partial charge in [0.1, 0.15) is 6.10 Å². The van der Waals surface area contributed by atoms with E-state index in [1.165, 1.54) is 0 Å². The van der Waals surface area contributed by atoms with E-state index in [-0.39, 0.29) is 12.2 Å². The molecule has 0 aliphatic carbocycles. The molecule has 0 saturated carbocycles. The van der Waals surface area contributed by atoms with Crippen LogP contribution in [-0.4, -0.2) is 44.3 Å². The Labute approximate surface area is 95.4 Å². The van der Waals surface area contributed by atoms with E-state index in [9.17, 15) is 4.79 Å². The normalized spacial score (nSPS) is 20.3. The summed E-state index contributed by atoms with van der Waals surface area (Å²) in [4.78, 5) is 15.3. The van der Waals surface area contributed by atoms with Gasteiger partial charge in [0.25, 0.3) is 0 Å². The highest BCUT2D eigenvalue weighted by Gasteiger charge is 2.32. The highest BCUT2D eigenvalue weighted by Crippen LogP contribution is 2.21. The lowest BCUT2D eigenvalue weighted by Gasteiger charge is -2.14. The SMILES string of the molecule is CN(C)CC1CN(c2ccccc2)C(=O)O1. The minimum atomic E-state index is -0.252. The topological polar surface area (TPSA) is 32.8 Å². The molecule has 1 atom stereocenters. The molecule has 4 nitrogen and oxygen atoms in total. The van der Waals surface area contributed by atoms with Crippen LogP contribution in [0.4, 0.5) is 10.5 Å². The van der Waals surface area contributed by atoms with Crippen molar-refractivity contribution in [2.24, 2.45) is 0 Å². The molecular formula is C12H16N2O2. The van der Waals surface area contributed by atoms with Gasteiger partial charge in [-0.05, 0) is 26.2 Å². The Hall–Kier alpha value is -1.55. The quantitative estimate of drug-likeness (QED) is 0.775. The van der Waals surface area contributed by atoms with Crippen LogP contribution >= 0.6 is 0 Å². The van der Waals surface area contributed by atoms with Crippen molar-refractivity contribution in [2.75, 3.05) is 32.1 Å². The first kappa shape index (κ1) is 11.0. The van der Waals surface area contributed by atoms with Crippen molar-refractivity contribution in [1.29, 1.82) is 0 Å². The molecule has 1 aromatic rings. The smallest absolute Gasteiger partial charge is 0.414 e. The third-order valence-corrected chi connectivity index (χ3v) is 2.51. The molecule has 0 bridgehead atoms. The second kappa shape index (κ2) is 4.53. The Morgan fingerprint density at radius 3 is 2.69 bits per heavy atom. The van der Waals surface area contributed by atoms with Gasteiger partial charge in [0.05, 0.1) is 6.54 Å². The summed E-state index contributed by atoms with van der Waals surface area (Å²) in [7, 11) is 3.94. The zero-order chi connectivity index (χ0) is 11.5. The Bertz CT molecular complexity index is 365.